The Hall–Kier alpha value is -2.01. The topological polar surface area (TPSA) is 55.2 Å². The zero-order valence-corrected chi connectivity index (χ0v) is 13.2. The van der Waals surface area contributed by atoms with E-state index in [1.807, 2.05) is 0 Å². The summed E-state index contributed by atoms with van der Waals surface area (Å²) in [5.41, 5.74) is 1.02. The van der Waals surface area contributed by atoms with Crippen LogP contribution >= 0.6 is 0 Å². The number of rotatable bonds is 4. The van der Waals surface area contributed by atoms with Gasteiger partial charge in [-0.15, -0.1) is 0 Å². The van der Waals surface area contributed by atoms with E-state index in [-0.39, 0.29) is 5.91 Å². The monoisotopic (exact) mass is 289 g/mol. The molecule has 0 fully saturated rings. The quantitative estimate of drug-likeness (QED) is 0.812. The molecule has 5 nitrogen and oxygen atoms in total. The molecule has 0 unspecified atom stereocenters. The Morgan fingerprint density at radius 1 is 1.29 bits per heavy atom. The number of aromatic nitrogens is 2. The Kier molecular flexibility index (Phi) is 6.75. The van der Waals surface area contributed by atoms with Gasteiger partial charge in [-0.05, 0) is 31.8 Å². The fourth-order valence-corrected chi connectivity index (χ4v) is 2.09. The van der Waals surface area contributed by atoms with Crippen LogP contribution in [0.2, 0.25) is 0 Å². The number of carbonyl (C=O) groups excluding carboxylic acids is 2. The molecule has 0 atom stereocenters. The van der Waals surface area contributed by atoms with Gasteiger partial charge >= 0.3 is 0 Å². The molecule has 0 saturated carbocycles. The number of carbonyl (C=O) groups is 2. The Labute approximate surface area is 125 Å². The van der Waals surface area contributed by atoms with Crippen LogP contribution in [-0.4, -0.2) is 46.3 Å². The molecule has 0 spiro atoms. The lowest BCUT2D eigenvalue weighted by Gasteiger charge is -2.13. The van der Waals surface area contributed by atoms with Gasteiger partial charge in [0.2, 0.25) is 5.91 Å². The minimum atomic E-state index is -0.151. The summed E-state index contributed by atoms with van der Waals surface area (Å²) in [5.74, 6) is -0.151. The van der Waals surface area contributed by atoms with Crippen molar-refractivity contribution < 1.29 is 9.59 Å². The van der Waals surface area contributed by atoms with Crippen molar-refractivity contribution in [3.05, 3.63) is 30.1 Å². The van der Waals surface area contributed by atoms with Crippen LogP contribution in [0.25, 0.3) is 11.0 Å². The average Bonchev–Trinajstić information content (AvgIpc) is 2.89. The first-order chi connectivity index (χ1) is 10.1. The van der Waals surface area contributed by atoms with Crippen molar-refractivity contribution >= 4 is 23.2 Å². The number of hydrogen-bond donors (Lipinski definition) is 0. The SMILES string of the molecule is CC(=O)n1cc(C=O)c2cccnc21.CCN(CC)CC. The van der Waals surface area contributed by atoms with Gasteiger partial charge in [0.25, 0.3) is 0 Å². The van der Waals surface area contributed by atoms with E-state index in [9.17, 15) is 9.59 Å². The fourth-order valence-electron chi connectivity index (χ4n) is 2.09. The first-order valence-corrected chi connectivity index (χ1v) is 7.23. The molecular formula is C16H23N3O2. The molecule has 2 heterocycles. The standard InChI is InChI=1S/C10H8N2O2.C6H15N/c1-7(14)12-5-8(6-13)9-3-2-4-11-10(9)12;1-4-7(5-2)6-3/h2-6H,1H3;4-6H2,1-3H3. The normalized spacial score (nSPS) is 10.3. The Bertz CT molecular complexity index is 595. The Morgan fingerprint density at radius 2 is 1.90 bits per heavy atom. The summed E-state index contributed by atoms with van der Waals surface area (Å²) < 4.78 is 1.37. The predicted molar refractivity (Wildman–Crippen MR) is 84.9 cm³/mol. The lowest BCUT2D eigenvalue weighted by molar-refractivity contribution is 0.0941. The molecule has 0 saturated heterocycles. The van der Waals surface area contributed by atoms with Gasteiger partial charge in [-0.25, -0.2) is 4.98 Å². The van der Waals surface area contributed by atoms with E-state index in [1.165, 1.54) is 37.3 Å². The molecule has 0 radical (unpaired) electrons. The van der Waals surface area contributed by atoms with Crippen LogP contribution in [0.15, 0.2) is 24.5 Å². The van der Waals surface area contributed by atoms with E-state index < -0.39 is 0 Å². The highest BCUT2D eigenvalue weighted by atomic mass is 16.1. The molecule has 2 aromatic heterocycles. The largest absolute Gasteiger partial charge is 0.304 e. The number of aldehydes is 1. The summed E-state index contributed by atoms with van der Waals surface area (Å²) in [6, 6.07) is 3.51. The lowest BCUT2D eigenvalue weighted by atomic mass is 10.2. The summed E-state index contributed by atoms with van der Waals surface area (Å²) in [5, 5.41) is 0.706. The second-order valence-electron chi connectivity index (χ2n) is 4.59. The third kappa shape index (κ3) is 4.23. The average molecular weight is 289 g/mol. The molecule has 2 rings (SSSR count). The second-order valence-corrected chi connectivity index (χ2v) is 4.59. The zero-order chi connectivity index (χ0) is 15.8. The summed E-state index contributed by atoms with van der Waals surface area (Å²) in [7, 11) is 0. The second kappa shape index (κ2) is 8.32. The molecule has 0 aromatic carbocycles. The van der Waals surface area contributed by atoms with E-state index in [1.54, 1.807) is 18.3 Å². The van der Waals surface area contributed by atoms with Crippen molar-refractivity contribution in [3.63, 3.8) is 0 Å². The summed E-state index contributed by atoms with van der Waals surface area (Å²) in [6.07, 6.45) is 3.83. The number of fused-ring (bicyclic) bond motifs is 1. The Morgan fingerprint density at radius 3 is 2.33 bits per heavy atom. The first kappa shape index (κ1) is 17.0. The van der Waals surface area contributed by atoms with E-state index in [4.69, 9.17) is 0 Å². The maximum absolute atomic E-state index is 11.2. The van der Waals surface area contributed by atoms with Gasteiger partial charge in [0.15, 0.2) is 6.29 Å². The minimum Gasteiger partial charge on any atom is -0.304 e. The van der Waals surface area contributed by atoms with Gasteiger partial charge in [-0.3, -0.25) is 14.2 Å². The molecule has 2 aromatic rings. The first-order valence-electron chi connectivity index (χ1n) is 7.23. The molecule has 114 valence electrons. The molecule has 5 heteroatoms. The predicted octanol–water partition coefficient (Wildman–Crippen LogP) is 2.86. The highest BCUT2D eigenvalue weighted by molar-refractivity contribution is 6.00. The highest BCUT2D eigenvalue weighted by Crippen LogP contribution is 2.17. The van der Waals surface area contributed by atoms with Crippen molar-refractivity contribution in [1.82, 2.24) is 14.5 Å². The van der Waals surface area contributed by atoms with Gasteiger partial charge in [0, 0.05) is 30.3 Å². The smallest absolute Gasteiger partial charge is 0.229 e. The summed E-state index contributed by atoms with van der Waals surface area (Å²) >= 11 is 0. The van der Waals surface area contributed by atoms with E-state index in [0.29, 0.717) is 16.6 Å². The van der Waals surface area contributed by atoms with Gasteiger partial charge in [-0.1, -0.05) is 20.8 Å². The van der Waals surface area contributed by atoms with Crippen LogP contribution in [0.4, 0.5) is 0 Å². The van der Waals surface area contributed by atoms with Crippen LogP contribution in [0.3, 0.4) is 0 Å². The van der Waals surface area contributed by atoms with Crippen molar-refractivity contribution in [3.8, 4) is 0 Å². The van der Waals surface area contributed by atoms with E-state index >= 15 is 0 Å². The number of hydrogen-bond acceptors (Lipinski definition) is 4. The van der Waals surface area contributed by atoms with Crippen molar-refractivity contribution in [2.45, 2.75) is 27.7 Å². The molecule has 0 aliphatic heterocycles. The molecule has 0 N–H and O–H groups in total. The lowest BCUT2D eigenvalue weighted by Crippen LogP contribution is -2.21. The Balaban J connectivity index is 0.000000270. The van der Waals surface area contributed by atoms with Gasteiger partial charge in [-0.2, -0.15) is 0 Å². The van der Waals surface area contributed by atoms with E-state index in [2.05, 4.69) is 30.7 Å². The fraction of sp³-hybridized carbons (Fsp3) is 0.438. The number of pyridine rings is 1. The van der Waals surface area contributed by atoms with E-state index in [0.717, 1.165) is 6.29 Å². The maximum Gasteiger partial charge on any atom is 0.229 e. The van der Waals surface area contributed by atoms with Crippen LogP contribution in [0.5, 0.6) is 0 Å². The van der Waals surface area contributed by atoms with Gasteiger partial charge in [0.1, 0.15) is 5.65 Å². The van der Waals surface area contributed by atoms with Crippen LogP contribution < -0.4 is 0 Å². The van der Waals surface area contributed by atoms with Crippen molar-refractivity contribution in [2.24, 2.45) is 0 Å². The minimum absolute atomic E-state index is 0.151. The van der Waals surface area contributed by atoms with Crippen molar-refractivity contribution in [1.29, 1.82) is 0 Å². The summed E-state index contributed by atoms with van der Waals surface area (Å²) in [6.45, 7) is 11.6. The zero-order valence-electron chi connectivity index (χ0n) is 13.2. The molecule has 0 aliphatic rings. The van der Waals surface area contributed by atoms with Crippen LogP contribution in [0, 0.1) is 0 Å². The third-order valence-corrected chi connectivity index (χ3v) is 3.40. The number of nitrogens with zero attached hydrogens (tertiary/aromatic N) is 3. The molecular weight excluding hydrogens is 266 g/mol. The van der Waals surface area contributed by atoms with Crippen LogP contribution in [0.1, 0.15) is 42.8 Å². The highest BCUT2D eigenvalue weighted by Gasteiger charge is 2.10. The van der Waals surface area contributed by atoms with Crippen LogP contribution in [-0.2, 0) is 0 Å². The van der Waals surface area contributed by atoms with Crippen molar-refractivity contribution in [2.75, 3.05) is 19.6 Å². The molecule has 21 heavy (non-hydrogen) atoms. The molecule has 0 bridgehead atoms. The summed E-state index contributed by atoms with van der Waals surface area (Å²) in [4.78, 5) is 28.3. The maximum atomic E-state index is 11.2. The molecule has 0 aliphatic carbocycles. The van der Waals surface area contributed by atoms with Gasteiger partial charge < -0.3 is 4.90 Å². The van der Waals surface area contributed by atoms with Gasteiger partial charge in [0.05, 0.1) is 0 Å². The third-order valence-electron chi connectivity index (χ3n) is 3.40. The molecule has 0 amide bonds.